The first kappa shape index (κ1) is 52.8. The van der Waals surface area contributed by atoms with Gasteiger partial charge in [-0.15, -0.1) is 0 Å². The molecule has 8 unspecified atom stereocenters. The number of piperidine rings is 1. The molecule has 1 aromatic heterocycles. The van der Waals surface area contributed by atoms with E-state index in [1.807, 2.05) is 36.7 Å². The number of ether oxygens (including phenoxy) is 2. The van der Waals surface area contributed by atoms with Gasteiger partial charge < -0.3 is 25.0 Å². The maximum atomic E-state index is 17.5. The highest BCUT2D eigenvalue weighted by atomic mass is 35.5. The molecule has 0 amide bonds. The van der Waals surface area contributed by atoms with Gasteiger partial charge in [-0.2, -0.15) is 0 Å². The van der Waals surface area contributed by atoms with Gasteiger partial charge in [0.05, 0.1) is 17.4 Å². The summed E-state index contributed by atoms with van der Waals surface area (Å²) in [4.78, 5) is 35.0. The van der Waals surface area contributed by atoms with Crippen LogP contribution in [0.15, 0.2) is 116 Å². The molecule has 1 spiro atoms. The quantitative estimate of drug-likeness (QED) is 0.118. The van der Waals surface area contributed by atoms with E-state index in [9.17, 15) is 0 Å². The molecular weight excluding hydrogens is 976 g/mol. The second kappa shape index (κ2) is 21.5. The normalized spacial score (nSPS) is 33.6. The number of ketones is 1. The Morgan fingerprint density at radius 1 is 0.800 bits per heavy atom. The SMILES string of the molecule is CCC12C(=O)C34C5C[C@H](Cc6ccc(Cl)cc6)N(C)C3[C@@H](COC)NC4[C@H](C)N(Cc3ccc(Cl)cc3Oc3ccc(-c4cncc(C6CN(C)CCN6C)c4)cc3)C1C[C@@H](Cc1ccccc1)C2N(C)[C@@H](C)CN5. The number of hydrogen-bond acceptors (Lipinski definition) is 11. The molecule has 75 heavy (non-hydrogen) atoms. The maximum absolute atomic E-state index is 17.5. The smallest absolute Gasteiger partial charge is 0.153 e. The third-order valence-electron chi connectivity index (χ3n) is 19.4. The molecule has 2 N–H and O–H groups in total. The number of nitrogens with one attached hydrogen (secondary N) is 2. The second-order valence-electron chi connectivity index (χ2n) is 23.4. The molecule has 398 valence electrons. The molecule has 11 nitrogen and oxygen atoms in total. The molecule has 13 atom stereocenters. The van der Waals surface area contributed by atoms with Crippen LogP contribution in [0.1, 0.15) is 68.3 Å². The van der Waals surface area contributed by atoms with Gasteiger partial charge in [-0.25, -0.2) is 0 Å². The zero-order valence-electron chi connectivity index (χ0n) is 45.3. The summed E-state index contributed by atoms with van der Waals surface area (Å²) in [6, 6.07) is 36.2. The molecule has 5 saturated heterocycles. The molecule has 13 heteroatoms. The molecule has 11 rings (SSSR count). The zero-order chi connectivity index (χ0) is 52.3. The highest BCUT2D eigenvalue weighted by Crippen LogP contribution is 2.63. The van der Waals surface area contributed by atoms with Crippen molar-refractivity contribution in [2.24, 2.45) is 16.7 Å². The maximum Gasteiger partial charge on any atom is 0.153 e. The van der Waals surface area contributed by atoms with Crippen LogP contribution in [-0.4, -0.2) is 158 Å². The molecule has 5 aliphatic heterocycles. The molecule has 0 radical (unpaired) electrons. The van der Waals surface area contributed by atoms with E-state index in [0.29, 0.717) is 30.0 Å². The number of likely N-dealkylation sites (tertiary alicyclic amines) is 2. The lowest BCUT2D eigenvalue weighted by Crippen LogP contribution is -2.73. The second-order valence-corrected chi connectivity index (χ2v) is 24.2. The average Bonchev–Trinajstić information content (AvgIpc) is 3.97. The van der Waals surface area contributed by atoms with E-state index >= 15 is 4.79 Å². The number of aromatic nitrogens is 1. The number of pyridine rings is 1. The largest absolute Gasteiger partial charge is 0.457 e. The van der Waals surface area contributed by atoms with Gasteiger partial charge in [0.15, 0.2) is 5.78 Å². The molecule has 2 bridgehead atoms. The summed E-state index contributed by atoms with van der Waals surface area (Å²) >= 11 is 13.4. The Morgan fingerprint density at radius 3 is 2.29 bits per heavy atom. The monoisotopic (exact) mass is 1050 g/mol. The van der Waals surface area contributed by atoms with E-state index in [4.69, 9.17) is 37.7 Å². The van der Waals surface area contributed by atoms with E-state index < -0.39 is 10.8 Å². The van der Waals surface area contributed by atoms with Crippen molar-refractivity contribution in [3.05, 3.63) is 148 Å². The van der Waals surface area contributed by atoms with E-state index in [1.165, 1.54) is 16.7 Å². The van der Waals surface area contributed by atoms with Crippen molar-refractivity contribution in [1.82, 2.24) is 40.1 Å². The summed E-state index contributed by atoms with van der Waals surface area (Å²) in [6.07, 6.45) is 8.21. The lowest BCUT2D eigenvalue weighted by atomic mass is 9.54. The van der Waals surface area contributed by atoms with E-state index in [1.54, 1.807) is 7.11 Å². The fourth-order valence-corrected chi connectivity index (χ4v) is 16.0. The molecule has 6 heterocycles. The summed E-state index contributed by atoms with van der Waals surface area (Å²) in [6.45, 7) is 12.0. The van der Waals surface area contributed by atoms with Crippen LogP contribution in [0, 0.1) is 16.7 Å². The predicted molar refractivity (Wildman–Crippen MR) is 302 cm³/mol. The van der Waals surface area contributed by atoms with Gasteiger partial charge in [0.25, 0.3) is 0 Å². The van der Waals surface area contributed by atoms with Crippen LogP contribution in [0.25, 0.3) is 11.1 Å². The number of likely N-dealkylation sites (N-methyl/N-ethyl adjacent to an activating group) is 4. The number of carbonyl (C=O) groups excluding carboxylic acids is 1. The molecule has 1 saturated carbocycles. The minimum Gasteiger partial charge on any atom is -0.457 e. The van der Waals surface area contributed by atoms with Gasteiger partial charge in [0, 0.05) is 134 Å². The van der Waals surface area contributed by atoms with Gasteiger partial charge in [0.2, 0.25) is 0 Å². The molecule has 5 aromatic rings. The van der Waals surface area contributed by atoms with Crippen LogP contribution in [0.4, 0.5) is 0 Å². The fraction of sp³-hybridized carbons (Fsp3) is 0.516. The number of piperazine rings is 1. The van der Waals surface area contributed by atoms with Crippen LogP contribution in [0.3, 0.4) is 0 Å². The molecule has 4 aromatic carbocycles. The molecular formula is C62H78Cl2N8O3. The van der Waals surface area contributed by atoms with Crippen LogP contribution in [0.2, 0.25) is 10.0 Å². The Labute approximate surface area is 456 Å². The lowest BCUT2D eigenvalue weighted by Gasteiger charge is -2.57. The Kier molecular flexibility index (Phi) is 15.2. The summed E-state index contributed by atoms with van der Waals surface area (Å²) in [5.41, 5.74) is 5.52. The van der Waals surface area contributed by atoms with Crippen LogP contribution < -0.4 is 15.4 Å². The van der Waals surface area contributed by atoms with Crippen molar-refractivity contribution in [2.75, 3.05) is 68.1 Å². The third kappa shape index (κ3) is 9.38. The number of hydrogen-bond donors (Lipinski definition) is 2. The Balaban J connectivity index is 0.994. The topological polar surface area (TPSA) is 88.7 Å². The lowest BCUT2D eigenvalue weighted by molar-refractivity contribution is -0.154. The highest BCUT2D eigenvalue weighted by Gasteiger charge is 2.77. The van der Waals surface area contributed by atoms with Crippen molar-refractivity contribution in [3.8, 4) is 22.6 Å². The fourth-order valence-electron chi connectivity index (χ4n) is 15.7. The van der Waals surface area contributed by atoms with Crippen molar-refractivity contribution in [1.29, 1.82) is 0 Å². The molecule has 6 aliphatic rings. The Hall–Kier alpha value is -4.24. The number of methoxy groups -OCH3 is 1. The van der Waals surface area contributed by atoms with E-state index in [2.05, 4.69) is 163 Å². The summed E-state index contributed by atoms with van der Waals surface area (Å²) in [7, 11) is 10.8. The molecule has 6 fully saturated rings. The zero-order valence-corrected chi connectivity index (χ0v) is 46.8. The van der Waals surface area contributed by atoms with Crippen molar-refractivity contribution in [2.45, 2.75) is 120 Å². The molecule has 1 aliphatic carbocycles. The first-order chi connectivity index (χ1) is 36.2. The van der Waals surface area contributed by atoms with Crippen molar-refractivity contribution in [3.63, 3.8) is 0 Å². The van der Waals surface area contributed by atoms with Crippen LogP contribution in [-0.2, 0) is 28.9 Å². The summed E-state index contributed by atoms with van der Waals surface area (Å²) in [5, 5.41) is 9.85. The number of nitrogens with zero attached hydrogens (tertiary/aromatic N) is 6. The number of carbonyl (C=O) groups is 1. The number of Topliss-reactive ketones (excluding diaryl/α,β-unsaturated/α-hetero) is 1. The highest BCUT2D eigenvalue weighted by molar-refractivity contribution is 6.31. The van der Waals surface area contributed by atoms with Gasteiger partial charge in [-0.3, -0.25) is 29.4 Å². The number of rotatable bonds is 13. The summed E-state index contributed by atoms with van der Waals surface area (Å²) in [5.74, 6) is 2.12. The predicted octanol–water partition coefficient (Wildman–Crippen LogP) is 9.52. The Morgan fingerprint density at radius 2 is 1.55 bits per heavy atom. The van der Waals surface area contributed by atoms with Gasteiger partial charge in [-0.05, 0) is 145 Å². The first-order valence-electron chi connectivity index (χ1n) is 27.7. The van der Waals surface area contributed by atoms with Gasteiger partial charge in [-0.1, -0.05) is 90.8 Å². The third-order valence-corrected chi connectivity index (χ3v) is 19.9. The van der Waals surface area contributed by atoms with E-state index in [-0.39, 0.29) is 60.3 Å². The van der Waals surface area contributed by atoms with Crippen LogP contribution >= 0.6 is 23.2 Å². The first-order valence-corrected chi connectivity index (χ1v) is 28.4. The van der Waals surface area contributed by atoms with Crippen molar-refractivity contribution >= 4 is 29.0 Å². The summed E-state index contributed by atoms with van der Waals surface area (Å²) < 4.78 is 13.1. The van der Waals surface area contributed by atoms with Gasteiger partial charge in [0.1, 0.15) is 11.5 Å². The Bertz CT molecular complexity index is 2810. The number of halogens is 2. The van der Waals surface area contributed by atoms with Gasteiger partial charge >= 0.3 is 0 Å². The van der Waals surface area contributed by atoms with Crippen molar-refractivity contribution < 1.29 is 14.3 Å². The van der Waals surface area contributed by atoms with Crippen LogP contribution in [0.5, 0.6) is 11.5 Å². The number of benzene rings is 4. The standard InChI is InChI=1S/C62H78Cl2N8O3/c1-9-61-56-30-45(27-41-13-11-10-12-14-41)58(61)70(6)39(2)33-66-55-32-50(28-42-15-20-48(63)21-16-42)71(7)59-52(38-74-8)67-57(62(55,59)60(61)73)40(3)72(56)36-44-17-22-49(64)31-54(44)75-51-23-18-43(19-24-51)46-29-47(35-65-34-46)53-37-68(4)25-26-69(53)5/h10-24,29,31,34-35,39-40,45,50,52-53,55-59,66-67H,9,25-28,30,32-33,36-38H2,1-8H3/t39-,40-,45+,50-,52+,53?,55?,56?,57?,58?,59?,61?,62?/m0/s1. The minimum atomic E-state index is -0.777. The average molecular weight is 1050 g/mol. The van der Waals surface area contributed by atoms with E-state index in [0.717, 1.165) is 91.5 Å². The minimum absolute atomic E-state index is 0.00179.